The van der Waals surface area contributed by atoms with Gasteiger partial charge in [-0.1, -0.05) is 13.0 Å². The van der Waals surface area contributed by atoms with Crippen LogP contribution in [0.2, 0.25) is 0 Å². The minimum absolute atomic E-state index is 0.0423. The summed E-state index contributed by atoms with van der Waals surface area (Å²) in [5.41, 5.74) is 1.28. The van der Waals surface area contributed by atoms with Crippen molar-refractivity contribution in [2.75, 3.05) is 45.2 Å². The van der Waals surface area contributed by atoms with E-state index in [1.165, 1.54) is 0 Å². The molecule has 0 radical (unpaired) electrons. The van der Waals surface area contributed by atoms with Crippen molar-refractivity contribution in [1.82, 2.24) is 10.2 Å². The number of carbonyl (C=O) groups is 2. The van der Waals surface area contributed by atoms with E-state index in [1.54, 1.807) is 31.4 Å². The number of benzene rings is 1. The number of carbonyl (C=O) groups excluding carboxylic acids is 2. The molecule has 1 aliphatic heterocycles. The normalized spacial score (nSPS) is 15.2. The van der Waals surface area contributed by atoms with Gasteiger partial charge in [-0.3, -0.25) is 9.59 Å². The molecule has 6 heteroatoms. The first-order valence-electron chi connectivity index (χ1n) is 8.99. The van der Waals surface area contributed by atoms with Crippen molar-refractivity contribution in [3.8, 4) is 0 Å². The Balaban J connectivity index is 1.83. The van der Waals surface area contributed by atoms with E-state index < -0.39 is 0 Å². The van der Waals surface area contributed by atoms with Gasteiger partial charge in [0.05, 0.1) is 6.54 Å². The van der Waals surface area contributed by atoms with Crippen LogP contribution in [0.15, 0.2) is 24.3 Å². The maximum Gasteiger partial charge on any atom is 0.253 e. The van der Waals surface area contributed by atoms with Crippen molar-refractivity contribution in [2.24, 2.45) is 5.92 Å². The van der Waals surface area contributed by atoms with Gasteiger partial charge in [0.15, 0.2) is 0 Å². The van der Waals surface area contributed by atoms with Gasteiger partial charge in [0.25, 0.3) is 5.91 Å². The smallest absolute Gasteiger partial charge is 0.253 e. The number of piperidine rings is 1. The van der Waals surface area contributed by atoms with Crippen molar-refractivity contribution in [1.29, 1.82) is 0 Å². The van der Waals surface area contributed by atoms with Gasteiger partial charge >= 0.3 is 0 Å². The highest BCUT2D eigenvalue weighted by Crippen LogP contribution is 2.19. The Morgan fingerprint density at radius 2 is 2.04 bits per heavy atom. The van der Waals surface area contributed by atoms with Gasteiger partial charge in [-0.25, -0.2) is 0 Å². The topological polar surface area (TPSA) is 70.7 Å². The van der Waals surface area contributed by atoms with Crippen LogP contribution in [-0.4, -0.2) is 56.6 Å². The fraction of sp³-hybridized carbons (Fsp3) is 0.579. The van der Waals surface area contributed by atoms with E-state index >= 15 is 0 Å². The van der Waals surface area contributed by atoms with Gasteiger partial charge in [0, 0.05) is 38.1 Å². The van der Waals surface area contributed by atoms with Gasteiger partial charge < -0.3 is 20.3 Å². The monoisotopic (exact) mass is 347 g/mol. The Labute approximate surface area is 149 Å². The van der Waals surface area contributed by atoms with E-state index in [4.69, 9.17) is 4.74 Å². The molecule has 0 aromatic heterocycles. The summed E-state index contributed by atoms with van der Waals surface area (Å²) in [7, 11) is 1.66. The number of nitrogens with one attached hydrogen (secondary N) is 2. The molecule has 1 fully saturated rings. The maximum absolute atomic E-state index is 12.6. The number of amides is 2. The first-order valence-corrected chi connectivity index (χ1v) is 8.99. The Hall–Kier alpha value is -1.92. The standard InChI is InChI=1S/C19H29N3O3/c1-15-7-10-22(11-8-15)19(24)16-5-3-6-17(13-16)21-18(23)14-20-9-4-12-25-2/h3,5-6,13,15,20H,4,7-12,14H2,1-2H3,(H,21,23). The molecule has 6 nitrogen and oxygen atoms in total. The Kier molecular flexibility index (Phi) is 7.88. The van der Waals surface area contributed by atoms with Crippen molar-refractivity contribution < 1.29 is 14.3 Å². The highest BCUT2D eigenvalue weighted by atomic mass is 16.5. The van der Waals surface area contributed by atoms with Gasteiger partial charge in [-0.15, -0.1) is 0 Å². The molecule has 0 atom stereocenters. The first kappa shape index (κ1) is 19.4. The Morgan fingerprint density at radius 1 is 1.28 bits per heavy atom. The lowest BCUT2D eigenvalue weighted by atomic mass is 9.98. The molecule has 1 aliphatic rings. The second-order valence-electron chi connectivity index (χ2n) is 6.63. The summed E-state index contributed by atoms with van der Waals surface area (Å²) in [4.78, 5) is 26.5. The molecule has 25 heavy (non-hydrogen) atoms. The average Bonchev–Trinajstić information content (AvgIpc) is 2.62. The summed E-state index contributed by atoms with van der Waals surface area (Å²) in [6.07, 6.45) is 2.97. The summed E-state index contributed by atoms with van der Waals surface area (Å²) >= 11 is 0. The number of anilines is 1. The molecule has 1 saturated heterocycles. The molecule has 1 aromatic rings. The second-order valence-corrected chi connectivity index (χ2v) is 6.63. The van der Waals surface area contributed by atoms with Gasteiger partial charge in [-0.05, 0) is 49.9 Å². The van der Waals surface area contributed by atoms with Crippen molar-refractivity contribution >= 4 is 17.5 Å². The van der Waals surface area contributed by atoms with E-state index in [-0.39, 0.29) is 18.4 Å². The Bertz CT molecular complexity index is 569. The lowest BCUT2D eigenvalue weighted by Gasteiger charge is -2.30. The molecule has 0 aliphatic carbocycles. The predicted molar refractivity (Wildman–Crippen MR) is 98.7 cm³/mol. The fourth-order valence-electron chi connectivity index (χ4n) is 2.87. The number of hydrogen-bond donors (Lipinski definition) is 2. The zero-order chi connectivity index (χ0) is 18.1. The summed E-state index contributed by atoms with van der Waals surface area (Å²) in [6.45, 7) is 5.48. The van der Waals surface area contributed by atoms with Crippen LogP contribution in [0, 0.1) is 5.92 Å². The van der Waals surface area contributed by atoms with Gasteiger partial charge in [-0.2, -0.15) is 0 Å². The SMILES string of the molecule is COCCCNCC(=O)Nc1cccc(C(=O)N2CCC(C)CC2)c1. The molecule has 0 unspecified atom stereocenters. The third-order valence-electron chi connectivity index (χ3n) is 4.45. The van der Waals surface area contributed by atoms with Crippen LogP contribution in [0.3, 0.4) is 0 Å². The zero-order valence-electron chi connectivity index (χ0n) is 15.2. The molecule has 0 spiro atoms. The van der Waals surface area contributed by atoms with Gasteiger partial charge in [0.2, 0.25) is 5.91 Å². The molecular formula is C19H29N3O3. The fourth-order valence-corrected chi connectivity index (χ4v) is 2.87. The number of hydrogen-bond acceptors (Lipinski definition) is 4. The molecule has 2 amide bonds. The van der Waals surface area contributed by atoms with Crippen LogP contribution in [0.25, 0.3) is 0 Å². The highest BCUT2D eigenvalue weighted by Gasteiger charge is 2.21. The predicted octanol–water partition coefficient (Wildman–Crippen LogP) is 2.12. The summed E-state index contributed by atoms with van der Waals surface area (Å²) in [5, 5.41) is 5.90. The molecule has 138 valence electrons. The van der Waals surface area contributed by atoms with E-state index in [9.17, 15) is 9.59 Å². The number of ether oxygens (including phenoxy) is 1. The zero-order valence-corrected chi connectivity index (χ0v) is 15.2. The third-order valence-corrected chi connectivity index (χ3v) is 4.45. The number of methoxy groups -OCH3 is 1. The minimum Gasteiger partial charge on any atom is -0.385 e. The largest absolute Gasteiger partial charge is 0.385 e. The summed E-state index contributed by atoms with van der Waals surface area (Å²) < 4.78 is 4.96. The summed E-state index contributed by atoms with van der Waals surface area (Å²) in [5.74, 6) is 0.612. The number of rotatable bonds is 8. The molecule has 0 bridgehead atoms. The van der Waals surface area contributed by atoms with Crippen LogP contribution in [0.1, 0.15) is 36.5 Å². The number of nitrogens with zero attached hydrogens (tertiary/aromatic N) is 1. The van der Waals surface area contributed by atoms with Crippen LogP contribution in [0.5, 0.6) is 0 Å². The van der Waals surface area contributed by atoms with Crippen LogP contribution in [0.4, 0.5) is 5.69 Å². The van der Waals surface area contributed by atoms with Crippen LogP contribution >= 0.6 is 0 Å². The van der Waals surface area contributed by atoms with Crippen molar-refractivity contribution in [3.63, 3.8) is 0 Å². The first-order chi connectivity index (χ1) is 12.1. The molecule has 0 saturated carbocycles. The number of likely N-dealkylation sites (tertiary alicyclic amines) is 1. The third kappa shape index (κ3) is 6.48. The van der Waals surface area contributed by atoms with Crippen LogP contribution in [-0.2, 0) is 9.53 Å². The lowest BCUT2D eigenvalue weighted by Crippen LogP contribution is -2.37. The molecule has 2 rings (SSSR count). The quantitative estimate of drug-likeness (QED) is 0.707. The second kappa shape index (κ2) is 10.2. The van der Waals surface area contributed by atoms with E-state index in [0.29, 0.717) is 23.8 Å². The van der Waals surface area contributed by atoms with Crippen LogP contribution < -0.4 is 10.6 Å². The maximum atomic E-state index is 12.6. The molecule has 1 aromatic carbocycles. The average molecular weight is 347 g/mol. The van der Waals surface area contributed by atoms with E-state index in [0.717, 1.165) is 38.9 Å². The molecule has 2 N–H and O–H groups in total. The highest BCUT2D eigenvalue weighted by molar-refractivity contribution is 5.97. The summed E-state index contributed by atoms with van der Waals surface area (Å²) in [6, 6.07) is 7.17. The van der Waals surface area contributed by atoms with E-state index in [2.05, 4.69) is 17.6 Å². The lowest BCUT2D eigenvalue weighted by molar-refractivity contribution is -0.115. The Morgan fingerprint density at radius 3 is 2.76 bits per heavy atom. The van der Waals surface area contributed by atoms with Gasteiger partial charge in [0.1, 0.15) is 0 Å². The van der Waals surface area contributed by atoms with E-state index in [1.807, 2.05) is 4.90 Å². The van der Waals surface area contributed by atoms with Crippen molar-refractivity contribution in [3.05, 3.63) is 29.8 Å². The minimum atomic E-state index is -0.117. The van der Waals surface area contributed by atoms with Crippen molar-refractivity contribution in [2.45, 2.75) is 26.2 Å². The molecule has 1 heterocycles. The molecular weight excluding hydrogens is 318 g/mol.